The predicted molar refractivity (Wildman–Crippen MR) is 129 cm³/mol. The van der Waals surface area contributed by atoms with Crippen molar-refractivity contribution in [3.63, 3.8) is 0 Å². The Hall–Kier alpha value is -3.97. The van der Waals surface area contributed by atoms with Gasteiger partial charge in [-0.25, -0.2) is 9.59 Å². The first kappa shape index (κ1) is 24.7. The first-order valence-electron chi connectivity index (χ1n) is 12.1. The van der Waals surface area contributed by atoms with Gasteiger partial charge in [0, 0.05) is 19.4 Å². The van der Waals surface area contributed by atoms with Crippen LogP contribution in [0, 0.1) is 0 Å². The quantitative estimate of drug-likeness (QED) is 0.331. The molecule has 13 heteroatoms. The second-order valence-electron chi connectivity index (χ2n) is 9.17. The zero-order valence-electron chi connectivity index (χ0n) is 19.9. The number of pyridine rings is 1. The Morgan fingerprint density at radius 1 is 0.865 bits per heavy atom. The number of nitrogens with one attached hydrogen (secondary N) is 2. The molecule has 1 unspecified atom stereocenters. The molecule has 13 nitrogen and oxygen atoms in total. The molecule has 2 aliphatic rings. The van der Waals surface area contributed by atoms with Crippen LogP contribution in [0.2, 0.25) is 0 Å². The lowest BCUT2D eigenvalue weighted by atomic mass is 9.90. The minimum atomic E-state index is -1.42. The van der Waals surface area contributed by atoms with Crippen molar-refractivity contribution in [1.29, 1.82) is 0 Å². The van der Waals surface area contributed by atoms with Gasteiger partial charge in [-0.15, -0.1) is 0 Å². The van der Waals surface area contributed by atoms with Crippen LogP contribution in [-0.4, -0.2) is 59.7 Å². The first-order chi connectivity index (χ1) is 17.8. The number of hydrogen-bond donors (Lipinski definition) is 4. The third kappa shape index (κ3) is 4.74. The first-order valence-corrected chi connectivity index (χ1v) is 12.1. The van der Waals surface area contributed by atoms with E-state index in [1.807, 2.05) is 0 Å². The summed E-state index contributed by atoms with van der Waals surface area (Å²) in [6.45, 7) is 0.986. The molecule has 0 aliphatic carbocycles. The van der Waals surface area contributed by atoms with E-state index in [4.69, 9.17) is 9.47 Å². The third-order valence-electron chi connectivity index (χ3n) is 6.79. The van der Waals surface area contributed by atoms with Crippen LogP contribution < -0.4 is 22.5 Å². The number of aromatic amines is 2. The van der Waals surface area contributed by atoms with Crippen LogP contribution in [0.15, 0.2) is 43.6 Å². The van der Waals surface area contributed by atoms with Crippen molar-refractivity contribution >= 4 is 0 Å². The summed E-state index contributed by atoms with van der Waals surface area (Å²) < 4.78 is 13.1. The molecule has 5 rings (SSSR count). The number of ether oxygens (including phenoxy) is 2. The summed E-state index contributed by atoms with van der Waals surface area (Å²) in [7, 11) is 0. The lowest BCUT2D eigenvalue weighted by molar-refractivity contribution is 0.0931. The maximum absolute atomic E-state index is 13.1. The van der Waals surface area contributed by atoms with Crippen LogP contribution in [0.4, 0.5) is 0 Å². The minimum Gasteiger partial charge on any atom is -0.494 e. The molecule has 37 heavy (non-hydrogen) atoms. The Balaban J connectivity index is 1.72. The largest absolute Gasteiger partial charge is 0.494 e. The summed E-state index contributed by atoms with van der Waals surface area (Å²) in [5.74, 6) is -2.78. The number of aromatic nitrogens is 5. The minimum absolute atomic E-state index is 0.0236. The zero-order valence-corrected chi connectivity index (χ0v) is 19.9. The molecule has 0 radical (unpaired) electrons. The molecule has 5 heterocycles. The van der Waals surface area contributed by atoms with Gasteiger partial charge in [0.1, 0.15) is 0 Å². The standard InChI is InChI=1S/C24H27N5O8/c30-19-17(21(32)28(23(34)26-19)11-13-5-3-9-36-13)16(15-7-1-2-8-25-15)18-20(31)27-24(35)29(22(18)33)12-14-6-4-10-37-14/h1-2,7-8,13-14,16,32-33H,3-6,9-12H2,(H,26,30,34)(H,27,31,35)/t13-,14+,16?. The van der Waals surface area contributed by atoms with Gasteiger partial charge in [-0.3, -0.25) is 33.7 Å². The number of H-pyrrole nitrogens is 2. The zero-order chi connectivity index (χ0) is 26.1. The smallest absolute Gasteiger partial charge is 0.331 e. The highest BCUT2D eigenvalue weighted by molar-refractivity contribution is 5.46. The molecule has 0 saturated carbocycles. The second-order valence-corrected chi connectivity index (χ2v) is 9.17. The van der Waals surface area contributed by atoms with E-state index in [0.717, 1.165) is 22.0 Å². The molecule has 0 aromatic carbocycles. The number of aromatic hydroxyl groups is 2. The average Bonchev–Trinajstić information content (AvgIpc) is 3.58. The fourth-order valence-electron chi connectivity index (χ4n) is 4.98. The highest BCUT2D eigenvalue weighted by Gasteiger charge is 2.34. The van der Waals surface area contributed by atoms with Gasteiger partial charge in [0.15, 0.2) is 0 Å². The second kappa shape index (κ2) is 10.2. The van der Waals surface area contributed by atoms with E-state index >= 15 is 0 Å². The van der Waals surface area contributed by atoms with Crippen LogP contribution in [0.5, 0.6) is 11.8 Å². The van der Waals surface area contributed by atoms with E-state index in [0.29, 0.717) is 26.1 Å². The number of hydrogen-bond acceptors (Lipinski definition) is 9. The molecule has 2 aliphatic heterocycles. The Bertz CT molecular complexity index is 1420. The molecule has 2 saturated heterocycles. The fraction of sp³-hybridized carbons (Fsp3) is 0.458. The van der Waals surface area contributed by atoms with Gasteiger partial charge in [-0.2, -0.15) is 0 Å². The summed E-state index contributed by atoms with van der Waals surface area (Å²) >= 11 is 0. The number of nitrogens with zero attached hydrogens (tertiary/aromatic N) is 3. The van der Waals surface area contributed by atoms with Gasteiger partial charge in [-0.05, 0) is 37.8 Å². The van der Waals surface area contributed by atoms with Crippen molar-refractivity contribution in [2.45, 2.75) is 56.9 Å². The summed E-state index contributed by atoms with van der Waals surface area (Å²) in [5, 5.41) is 22.4. The topological polar surface area (TPSA) is 182 Å². The molecule has 0 spiro atoms. The normalized spacial score (nSPS) is 20.3. The monoisotopic (exact) mass is 513 g/mol. The lowest BCUT2D eigenvalue weighted by Gasteiger charge is -2.22. The van der Waals surface area contributed by atoms with Gasteiger partial charge in [0.2, 0.25) is 11.8 Å². The van der Waals surface area contributed by atoms with Crippen LogP contribution in [0.3, 0.4) is 0 Å². The van der Waals surface area contributed by atoms with E-state index in [-0.39, 0.29) is 42.1 Å². The van der Waals surface area contributed by atoms with Crippen molar-refractivity contribution in [1.82, 2.24) is 24.1 Å². The van der Waals surface area contributed by atoms with Crippen molar-refractivity contribution in [3.05, 3.63) is 82.9 Å². The van der Waals surface area contributed by atoms with E-state index < -0.39 is 40.2 Å². The maximum Gasteiger partial charge on any atom is 0.331 e. The van der Waals surface area contributed by atoms with Gasteiger partial charge in [0.25, 0.3) is 11.1 Å². The van der Waals surface area contributed by atoms with Crippen LogP contribution in [0.25, 0.3) is 0 Å². The molecule has 3 aromatic rings. The van der Waals surface area contributed by atoms with Crippen molar-refractivity contribution in [2.75, 3.05) is 13.2 Å². The van der Waals surface area contributed by atoms with E-state index in [1.54, 1.807) is 12.1 Å². The van der Waals surface area contributed by atoms with Crippen LogP contribution in [-0.2, 0) is 22.6 Å². The summed E-state index contributed by atoms with van der Waals surface area (Å²) in [4.78, 5) is 60.1. The van der Waals surface area contributed by atoms with Crippen molar-refractivity contribution < 1.29 is 19.7 Å². The molecule has 4 N–H and O–H groups in total. The SMILES string of the molecule is O=c1[nH]c(=O)n(C[C@H]2CCCO2)c(O)c1C(c1ccccn1)c1c(O)n(C[C@@H]2CCCO2)c(=O)[nH]c1=O. The van der Waals surface area contributed by atoms with Crippen LogP contribution in [0.1, 0.15) is 48.4 Å². The Morgan fingerprint density at radius 2 is 1.38 bits per heavy atom. The molecule has 2 fully saturated rings. The van der Waals surface area contributed by atoms with E-state index in [1.165, 1.54) is 12.3 Å². The van der Waals surface area contributed by atoms with Gasteiger partial charge < -0.3 is 19.7 Å². The molecular weight excluding hydrogens is 486 g/mol. The fourth-order valence-corrected chi connectivity index (χ4v) is 4.98. The molecule has 0 amide bonds. The predicted octanol–water partition coefficient (Wildman–Crippen LogP) is -0.269. The van der Waals surface area contributed by atoms with Crippen molar-refractivity contribution in [3.8, 4) is 11.8 Å². The Kier molecular flexibility index (Phi) is 6.80. The Morgan fingerprint density at radius 3 is 1.78 bits per heavy atom. The molecule has 0 bridgehead atoms. The maximum atomic E-state index is 13.1. The highest BCUT2D eigenvalue weighted by atomic mass is 16.5. The van der Waals surface area contributed by atoms with E-state index in [9.17, 15) is 29.4 Å². The molecule has 3 atom stereocenters. The highest BCUT2D eigenvalue weighted by Crippen LogP contribution is 2.35. The third-order valence-corrected chi connectivity index (χ3v) is 6.79. The van der Waals surface area contributed by atoms with Gasteiger partial charge >= 0.3 is 11.4 Å². The Labute approximate surface area is 209 Å². The molecule has 3 aromatic heterocycles. The van der Waals surface area contributed by atoms with Gasteiger partial charge in [-0.1, -0.05) is 6.07 Å². The lowest BCUT2D eigenvalue weighted by Crippen LogP contribution is -2.39. The summed E-state index contributed by atoms with van der Waals surface area (Å²) in [5.41, 5.74) is -4.23. The summed E-state index contributed by atoms with van der Waals surface area (Å²) in [6, 6.07) is 4.73. The molecular formula is C24H27N5O8. The molecule has 196 valence electrons. The van der Waals surface area contributed by atoms with Crippen molar-refractivity contribution in [2.24, 2.45) is 0 Å². The summed E-state index contributed by atoms with van der Waals surface area (Å²) in [6.07, 6.45) is 3.65. The van der Waals surface area contributed by atoms with Gasteiger partial charge in [0.05, 0.1) is 48.0 Å². The van der Waals surface area contributed by atoms with Crippen LogP contribution >= 0.6 is 0 Å². The number of rotatable bonds is 7. The average molecular weight is 514 g/mol. The van der Waals surface area contributed by atoms with E-state index in [2.05, 4.69) is 15.0 Å².